The maximum absolute atomic E-state index is 16.7. The van der Waals surface area contributed by atoms with Crippen LogP contribution in [0.1, 0.15) is 0 Å². The molecule has 252 valence electrons. The molecule has 10 heteroatoms. The lowest BCUT2D eigenvalue weighted by molar-refractivity contribution is 0.402. The number of fused-ring (bicyclic) bond motifs is 6. The number of para-hydroxylation sites is 2. The van der Waals surface area contributed by atoms with Crippen LogP contribution in [0.2, 0.25) is 0 Å². The Morgan fingerprint density at radius 2 is 0.925 bits per heavy atom. The van der Waals surface area contributed by atoms with Crippen LogP contribution < -0.4 is 9.47 Å². The minimum absolute atomic E-state index is 0.0542. The molecule has 0 saturated carbocycles. The molecule has 0 atom stereocenters. The summed E-state index contributed by atoms with van der Waals surface area (Å²) >= 11 is 0. The highest BCUT2D eigenvalue weighted by atomic mass is 19.1. The molecular weight excluding hydrogens is 666 g/mol. The van der Waals surface area contributed by atoms with Gasteiger partial charge in [0.2, 0.25) is 5.82 Å². The Bertz CT molecular complexity index is 2790. The molecule has 0 radical (unpaired) electrons. The zero-order valence-corrected chi connectivity index (χ0v) is 27.8. The van der Waals surface area contributed by atoms with Gasteiger partial charge in [-0.1, -0.05) is 48.5 Å². The van der Waals surface area contributed by atoms with Gasteiger partial charge in [-0.25, -0.2) is 24.9 Å². The van der Waals surface area contributed by atoms with Crippen LogP contribution in [0.15, 0.2) is 159 Å². The predicted octanol–water partition coefficient (Wildman–Crippen LogP) is 10.2. The van der Waals surface area contributed by atoms with Gasteiger partial charge in [-0.05, 0) is 72.8 Å². The summed E-state index contributed by atoms with van der Waals surface area (Å²) in [5.74, 6) is 1.92. The maximum atomic E-state index is 16.7. The minimum Gasteiger partial charge on any atom is -0.454 e. The normalized spacial score (nSPS) is 11.5. The zero-order chi connectivity index (χ0) is 35.3. The molecule has 9 nitrogen and oxygen atoms in total. The lowest BCUT2D eigenvalue weighted by atomic mass is 10.1. The zero-order valence-electron chi connectivity index (χ0n) is 27.8. The molecule has 0 N–H and O–H groups in total. The molecule has 0 saturated heterocycles. The molecular formula is C43H26FN7O2. The molecule has 5 aromatic heterocycles. The Hall–Kier alpha value is -7.46. The molecule has 0 amide bonds. The van der Waals surface area contributed by atoms with Gasteiger partial charge in [-0.3, -0.25) is 9.13 Å². The molecule has 0 bridgehead atoms. The van der Waals surface area contributed by atoms with Gasteiger partial charge in [0.15, 0.2) is 17.3 Å². The van der Waals surface area contributed by atoms with Gasteiger partial charge in [-0.15, -0.1) is 0 Å². The van der Waals surface area contributed by atoms with Crippen LogP contribution in [-0.4, -0.2) is 34.1 Å². The third-order valence-electron chi connectivity index (χ3n) is 9.26. The van der Waals surface area contributed by atoms with Crippen LogP contribution in [0.4, 0.5) is 4.39 Å². The molecule has 10 aromatic rings. The molecule has 0 spiro atoms. The van der Waals surface area contributed by atoms with Crippen molar-refractivity contribution in [1.82, 2.24) is 34.1 Å². The predicted molar refractivity (Wildman–Crippen MR) is 203 cm³/mol. The van der Waals surface area contributed by atoms with E-state index in [2.05, 4.69) is 58.3 Å². The van der Waals surface area contributed by atoms with Crippen LogP contribution >= 0.6 is 0 Å². The SMILES string of the molecule is Fc1c(Oc2ccc3c4ccccc4n(-c4ccccn4)c3c2)cc(-c2ncncn2)cc1Oc1ccc2c3ccccc3n(-c3ccccn3)c2c1. The Labute approximate surface area is 301 Å². The highest BCUT2D eigenvalue weighted by molar-refractivity contribution is 6.10. The van der Waals surface area contributed by atoms with Gasteiger partial charge in [0.1, 0.15) is 35.8 Å². The summed E-state index contributed by atoms with van der Waals surface area (Å²) in [6, 6.07) is 42.4. The Morgan fingerprint density at radius 3 is 1.42 bits per heavy atom. The fourth-order valence-corrected chi connectivity index (χ4v) is 6.99. The van der Waals surface area contributed by atoms with Crippen molar-refractivity contribution in [3.05, 3.63) is 164 Å². The summed E-state index contributed by atoms with van der Waals surface area (Å²) in [7, 11) is 0. The first-order valence-corrected chi connectivity index (χ1v) is 16.9. The second kappa shape index (κ2) is 12.4. The van der Waals surface area contributed by atoms with Crippen LogP contribution in [0.3, 0.4) is 0 Å². The Morgan fingerprint density at radius 1 is 0.453 bits per heavy atom. The van der Waals surface area contributed by atoms with Crippen LogP contribution in [-0.2, 0) is 0 Å². The second-order valence-electron chi connectivity index (χ2n) is 12.4. The van der Waals surface area contributed by atoms with Crippen molar-refractivity contribution in [3.63, 3.8) is 0 Å². The fourth-order valence-electron chi connectivity index (χ4n) is 6.99. The van der Waals surface area contributed by atoms with Crippen molar-refractivity contribution < 1.29 is 13.9 Å². The first kappa shape index (κ1) is 30.4. The Kier molecular flexibility index (Phi) is 7.10. The topological polar surface area (TPSA) is 92.8 Å². The molecule has 53 heavy (non-hydrogen) atoms. The first-order valence-electron chi connectivity index (χ1n) is 16.9. The first-order chi connectivity index (χ1) is 26.2. The number of benzene rings is 5. The van der Waals surface area contributed by atoms with Crippen LogP contribution in [0.25, 0.3) is 66.6 Å². The van der Waals surface area contributed by atoms with E-state index in [1.165, 1.54) is 12.7 Å². The highest BCUT2D eigenvalue weighted by Crippen LogP contribution is 2.41. The monoisotopic (exact) mass is 691 g/mol. The number of halogens is 1. The van der Waals surface area contributed by atoms with Crippen molar-refractivity contribution in [3.8, 4) is 46.0 Å². The van der Waals surface area contributed by atoms with Gasteiger partial charge in [0.25, 0.3) is 0 Å². The van der Waals surface area contributed by atoms with Crippen molar-refractivity contribution >= 4 is 43.6 Å². The van der Waals surface area contributed by atoms with E-state index in [1.54, 1.807) is 24.5 Å². The van der Waals surface area contributed by atoms with Crippen molar-refractivity contribution in [2.24, 2.45) is 0 Å². The lowest BCUT2D eigenvalue weighted by Gasteiger charge is -2.14. The smallest absolute Gasteiger partial charge is 0.208 e. The second-order valence-corrected chi connectivity index (χ2v) is 12.4. The van der Waals surface area contributed by atoms with E-state index in [-0.39, 0.29) is 11.5 Å². The summed E-state index contributed by atoms with van der Waals surface area (Å²) in [4.78, 5) is 21.8. The van der Waals surface area contributed by atoms with E-state index in [9.17, 15) is 0 Å². The summed E-state index contributed by atoms with van der Waals surface area (Å²) in [6.45, 7) is 0. The average Bonchev–Trinajstić information content (AvgIpc) is 3.72. The van der Waals surface area contributed by atoms with Crippen molar-refractivity contribution in [2.75, 3.05) is 0 Å². The van der Waals surface area contributed by atoms with E-state index in [0.29, 0.717) is 22.9 Å². The van der Waals surface area contributed by atoms with Gasteiger partial charge in [0.05, 0.1) is 22.1 Å². The van der Waals surface area contributed by atoms with Gasteiger partial charge in [-0.2, -0.15) is 4.39 Å². The molecule has 5 aromatic carbocycles. The number of ether oxygens (including phenoxy) is 2. The van der Waals surface area contributed by atoms with Crippen molar-refractivity contribution in [1.29, 1.82) is 0 Å². The third kappa shape index (κ3) is 5.20. The summed E-state index contributed by atoms with van der Waals surface area (Å²) in [5, 5.41) is 4.16. The summed E-state index contributed by atoms with van der Waals surface area (Å²) in [5.41, 5.74) is 4.22. The fraction of sp³-hybridized carbons (Fsp3) is 0. The van der Waals surface area contributed by atoms with Crippen molar-refractivity contribution in [2.45, 2.75) is 0 Å². The lowest BCUT2D eigenvalue weighted by Crippen LogP contribution is -1.98. The van der Waals surface area contributed by atoms with E-state index in [1.807, 2.05) is 97.1 Å². The van der Waals surface area contributed by atoms with Gasteiger partial charge < -0.3 is 9.47 Å². The van der Waals surface area contributed by atoms with E-state index >= 15 is 4.39 Å². The van der Waals surface area contributed by atoms with Crippen LogP contribution in [0.5, 0.6) is 23.0 Å². The standard InChI is InChI=1S/C43H26FN7O2/c44-42-38(52-28-15-17-32-30-9-1-3-11-34(30)50(36(32)23-28)40-13-5-7-19-46-40)21-27(43-48-25-45-26-49-43)22-39(42)53-29-16-18-33-31-10-2-4-12-35(31)51(37(33)24-29)41-14-6-8-20-47-41/h1-26H. The summed E-state index contributed by atoms with van der Waals surface area (Å²) in [6.07, 6.45) is 6.30. The quantitative estimate of drug-likeness (QED) is 0.164. The van der Waals surface area contributed by atoms with Crippen LogP contribution in [0, 0.1) is 5.82 Å². The minimum atomic E-state index is -0.682. The average molecular weight is 692 g/mol. The Balaban J connectivity index is 1.09. The molecule has 0 fully saturated rings. The van der Waals surface area contributed by atoms with E-state index < -0.39 is 5.82 Å². The molecule has 0 aliphatic carbocycles. The van der Waals surface area contributed by atoms with E-state index in [0.717, 1.165) is 55.2 Å². The number of rotatable bonds is 7. The van der Waals surface area contributed by atoms with Gasteiger partial charge >= 0.3 is 0 Å². The molecule has 10 rings (SSSR count). The third-order valence-corrected chi connectivity index (χ3v) is 9.26. The summed E-state index contributed by atoms with van der Waals surface area (Å²) < 4.78 is 33.5. The number of nitrogens with zero attached hydrogens (tertiary/aromatic N) is 7. The molecule has 0 aliphatic rings. The maximum Gasteiger partial charge on any atom is 0.208 e. The number of aromatic nitrogens is 7. The largest absolute Gasteiger partial charge is 0.454 e. The number of pyridine rings is 2. The number of hydrogen-bond donors (Lipinski definition) is 0. The molecule has 5 heterocycles. The van der Waals surface area contributed by atoms with Gasteiger partial charge in [0, 0.05) is 51.6 Å². The highest BCUT2D eigenvalue weighted by Gasteiger charge is 2.20. The molecule has 0 unspecified atom stereocenters. The number of hydrogen-bond acceptors (Lipinski definition) is 7. The van der Waals surface area contributed by atoms with E-state index in [4.69, 9.17) is 9.47 Å². The molecule has 0 aliphatic heterocycles.